The standard InChI is InChI=1S/C27H30F3N5O/c1-26(2,17-34-13-12-18-8-6-7-11-20(18)16-34)33-25(36)21-15-31-35-23(27(28,29)30)14-22(32-24(21)35)19-9-4-3-5-10-19/h3-11,15,22-23,32H,12-14,16-17H2,1-2H3,(H,33,36)/t22?,23-/m0/s1. The zero-order valence-electron chi connectivity index (χ0n) is 20.3. The van der Waals surface area contributed by atoms with Gasteiger partial charge in [-0.1, -0.05) is 54.6 Å². The molecule has 2 N–H and O–H groups in total. The Labute approximate surface area is 208 Å². The highest BCUT2D eigenvalue weighted by atomic mass is 19.4. The first kappa shape index (κ1) is 24.4. The lowest BCUT2D eigenvalue weighted by Crippen LogP contribution is -2.52. The fourth-order valence-electron chi connectivity index (χ4n) is 5.30. The summed E-state index contributed by atoms with van der Waals surface area (Å²) in [6.45, 7) is 6.15. The topological polar surface area (TPSA) is 62.2 Å². The van der Waals surface area contributed by atoms with E-state index in [9.17, 15) is 18.0 Å². The molecule has 0 aliphatic carbocycles. The van der Waals surface area contributed by atoms with Gasteiger partial charge in [-0.05, 0) is 37.0 Å². The molecule has 190 valence electrons. The second-order valence-electron chi connectivity index (χ2n) is 10.3. The Morgan fingerprint density at radius 3 is 2.50 bits per heavy atom. The molecule has 1 aromatic heterocycles. The molecule has 3 heterocycles. The van der Waals surface area contributed by atoms with Crippen LogP contribution in [0.2, 0.25) is 0 Å². The third kappa shape index (κ3) is 4.97. The van der Waals surface area contributed by atoms with Crippen LogP contribution in [0.25, 0.3) is 0 Å². The third-order valence-corrected chi connectivity index (χ3v) is 6.97. The molecule has 9 heteroatoms. The van der Waals surface area contributed by atoms with E-state index in [-0.39, 0.29) is 17.8 Å². The quantitative estimate of drug-likeness (QED) is 0.514. The number of anilines is 1. The monoisotopic (exact) mass is 497 g/mol. The highest BCUT2D eigenvalue weighted by Crippen LogP contribution is 2.44. The Morgan fingerprint density at radius 2 is 1.78 bits per heavy atom. The first-order chi connectivity index (χ1) is 17.1. The normalized spacial score (nSPS) is 20.2. The molecule has 6 nitrogen and oxygen atoms in total. The molecule has 0 saturated carbocycles. The second-order valence-corrected chi connectivity index (χ2v) is 10.3. The molecule has 36 heavy (non-hydrogen) atoms. The van der Waals surface area contributed by atoms with E-state index in [0.717, 1.165) is 29.8 Å². The van der Waals surface area contributed by atoms with Gasteiger partial charge in [-0.2, -0.15) is 18.3 Å². The summed E-state index contributed by atoms with van der Waals surface area (Å²) in [5, 5.41) is 10.2. The molecular weight excluding hydrogens is 467 g/mol. The fourth-order valence-corrected chi connectivity index (χ4v) is 5.30. The minimum atomic E-state index is -4.49. The maximum Gasteiger partial charge on any atom is 0.410 e. The summed E-state index contributed by atoms with van der Waals surface area (Å²) < 4.78 is 42.8. The van der Waals surface area contributed by atoms with Crippen LogP contribution in [0.1, 0.15) is 59.4 Å². The van der Waals surface area contributed by atoms with Gasteiger partial charge >= 0.3 is 6.18 Å². The molecule has 2 aromatic carbocycles. The lowest BCUT2D eigenvalue weighted by atomic mass is 9.96. The summed E-state index contributed by atoms with van der Waals surface area (Å²) >= 11 is 0. The van der Waals surface area contributed by atoms with E-state index in [4.69, 9.17) is 0 Å². The first-order valence-corrected chi connectivity index (χ1v) is 12.2. The SMILES string of the molecule is CC(C)(CN1CCc2ccccc2C1)NC(=O)c1cnn2c1NC(c1ccccc1)C[C@H]2C(F)(F)F. The van der Waals surface area contributed by atoms with Crippen molar-refractivity contribution in [3.63, 3.8) is 0 Å². The maximum absolute atomic E-state index is 14.0. The minimum Gasteiger partial charge on any atom is -0.363 e. The van der Waals surface area contributed by atoms with Gasteiger partial charge in [0.25, 0.3) is 5.91 Å². The zero-order chi connectivity index (χ0) is 25.5. The molecule has 0 bridgehead atoms. The van der Waals surface area contributed by atoms with E-state index in [1.165, 1.54) is 17.3 Å². The van der Waals surface area contributed by atoms with Crippen molar-refractivity contribution in [2.24, 2.45) is 0 Å². The van der Waals surface area contributed by atoms with Gasteiger partial charge in [-0.3, -0.25) is 9.69 Å². The van der Waals surface area contributed by atoms with Crippen molar-refractivity contribution in [3.05, 3.63) is 83.0 Å². The number of nitrogens with zero attached hydrogens (tertiary/aromatic N) is 3. The first-order valence-electron chi connectivity index (χ1n) is 12.2. The molecule has 0 spiro atoms. The molecule has 0 saturated heterocycles. The Bertz CT molecular complexity index is 1240. The number of halogens is 3. The van der Waals surface area contributed by atoms with Crippen molar-refractivity contribution in [1.29, 1.82) is 0 Å². The van der Waals surface area contributed by atoms with Crippen LogP contribution in [-0.4, -0.2) is 45.4 Å². The van der Waals surface area contributed by atoms with Gasteiger partial charge in [0.2, 0.25) is 0 Å². The molecule has 5 rings (SSSR count). The van der Waals surface area contributed by atoms with E-state index in [2.05, 4.69) is 32.8 Å². The van der Waals surface area contributed by atoms with Crippen LogP contribution in [0.15, 0.2) is 60.8 Å². The Balaban J connectivity index is 1.34. The van der Waals surface area contributed by atoms with E-state index < -0.39 is 29.7 Å². The number of alkyl halides is 3. The van der Waals surface area contributed by atoms with Crippen LogP contribution >= 0.6 is 0 Å². The maximum atomic E-state index is 14.0. The van der Waals surface area contributed by atoms with Crippen molar-refractivity contribution in [3.8, 4) is 0 Å². The smallest absolute Gasteiger partial charge is 0.363 e. The van der Waals surface area contributed by atoms with E-state index in [0.29, 0.717) is 6.54 Å². The molecule has 1 unspecified atom stereocenters. The molecule has 0 radical (unpaired) electrons. The molecular formula is C27H30F3N5O. The average molecular weight is 498 g/mol. The number of aromatic nitrogens is 2. The summed E-state index contributed by atoms with van der Waals surface area (Å²) in [7, 11) is 0. The van der Waals surface area contributed by atoms with E-state index in [1.54, 1.807) is 24.3 Å². The Hall–Kier alpha value is -3.33. The summed E-state index contributed by atoms with van der Waals surface area (Å²) in [5.41, 5.74) is 2.87. The van der Waals surface area contributed by atoms with Crippen LogP contribution in [0, 0.1) is 0 Å². The van der Waals surface area contributed by atoms with Gasteiger partial charge in [0.15, 0.2) is 6.04 Å². The van der Waals surface area contributed by atoms with Gasteiger partial charge in [0.05, 0.1) is 12.2 Å². The Morgan fingerprint density at radius 1 is 1.08 bits per heavy atom. The highest BCUT2D eigenvalue weighted by Gasteiger charge is 2.47. The van der Waals surface area contributed by atoms with Gasteiger partial charge in [0, 0.05) is 31.6 Å². The number of fused-ring (bicyclic) bond motifs is 2. The number of hydrogen-bond donors (Lipinski definition) is 2. The molecule has 2 aliphatic rings. The van der Waals surface area contributed by atoms with Crippen molar-refractivity contribution in [2.75, 3.05) is 18.4 Å². The summed E-state index contributed by atoms with van der Waals surface area (Å²) in [4.78, 5) is 15.6. The van der Waals surface area contributed by atoms with Crippen LogP contribution in [-0.2, 0) is 13.0 Å². The lowest BCUT2D eigenvalue weighted by Gasteiger charge is -2.36. The summed E-state index contributed by atoms with van der Waals surface area (Å²) in [6.07, 6.45) is -2.52. The molecule has 2 aliphatic heterocycles. The van der Waals surface area contributed by atoms with Crippen molar-refractivity contribution >= 4 is 11.7 Å². The average Bonchev–Trinajstić information content (AvgIpc) is 3.27. The van der Waals surface area contributed by atoms with Crippen molar-refractivity contribution in [2.45, 2.75) is 57.0 Å². The number of carbonyl (C=O) groups is 1. The number of hydrogen-bond acceptors (Lipinski definition) is 4. The van der Waals surface area contributed by atoms with Gasteiger partial charge in [-0.15, -0.1) is 0 Å². The van der Waals surface area contributed by atoms with Crippen LogP contribution < -0.4 is 10.6 Å². The number of carbonyl (C=O) groups excluding carboxylic acids is 1. The highest BCUT2D eigenvalue weighted by molar-refractivity contribution is 5.99. The predicted octanol–water partition coefficient (Wildman–Crippen LogP) is 5.11. The number of nitrogens with one attached hydrogen (secondary N) is 2. The van der Waals surface area contributed by atoms with Gasteiger partial charge < -0.3 is 10.6 Å². The molecule has 1 amide bonds. The second kappa shape index (κ2) is 9.28. The Kier molecular flexibility index (Phi) is 6.28. The molecule has 0 fully saturated rings. The largest absolute Gasteiger partial charge is 0.410 e. The number of rotatable bonds is 5. The van der Waals surface area contributed by atoms with E-state index in [1.807, 2.05) is 32.0 Å². The predicted molar refractivity (Wildman–Crippen MR) is 132 cm³/mol. The summed E-state index contributed by atoms with van der Waals surface area (Å²) in [6, 6.07) is 14.9. The van der Waals surface area contributed by atoms with Crippen molar-refractivity contribution in [1.82, 2.24) is 20.0 Å². The van der Waals surface area contributed by atoms with E-state index >= 15 is 0 Å². The summed E-state index contributed by atoms with van der Waals surface area (Å²) in [5.74, 6) is -0.349. The molecule has 3 aromatic rings. The lowest BCUT2D eigenvalue weighted by molar-refractivity contribution is -0.173. The molecule has 2 atom stereocenters. The third-order valence-electron chi connectivity index (χ3n) is 6.97. The van der Waals surface area contributed by atoms with Crippen LogP contribution in [0.3, 0.4) is 0 Å². The fraction of sp³-hybridized carbons (Fsp3) is 0.407. The number of benzene rings is 2. The van der Waals surface area contributed by atoms with Crippen molar-refractivity contribution < 1.29 is 18.0 Å². The number of amides is 1. The van der Waals surface area contributed by atoms with Gasteiger partial charge in [-0.25, -0.2) is 4.68 Å². The van der Waals surface area contributed by atoms with Gasteiger partial charge in [0.1, 0.15) is 11.4 Å². The minimum absolute atomic E-state index is 0.0950. The van der Waals surface area contributed by atoms with Crippen LogP contribution in [0.4, 0.5) is 19.0 Å². The zero-order valence-corrected chi connectivity index (χ0v) is 20.3. The van der Waals surface area contributed by atoms with Crippen LogP contribution in [0.5, 0.6) is 0 Å².